The molecule has 0 fully saturated rings. The summed E-state index contributed by atoms with van der Waals surface area (Å²) in [6.07, 6.45) is 1.63. The van der Waals surface area contributed by atoms with Gasteiger partial charge in [0.15, 0.2) is 0 Å². The number of isocyanates is 1. The minimum absolute atomic E-state index is 0.0308. The predicted octanol–water partition coefficient (Wildman–Crippen LogP) is 4.25. The molecule has 0 atom stereocenters. The van der Waals surface area contributed by atoms with Gasteiger partial charge < -0.3 is 0 Å². The molecule has 0 amide bonds. The van der Waals surface area contributed by atoms with Crippen LogP contribution in [-0.4, -0.2) is 6.08 Å². The van der Waals surface area contributed by atoms with E-state index in [1.54, 1.807) is 6.08 Å². The predicted molar refractivity (Wildman–Crippen MR) is 71.6 cm³/mol. The van der Waals surface area contributed by atoms with E-state index in [2.05, 4.69) is 52.6 Å². The first-order valence-corrected chi connectivity index (χ1v) is 5.89. The molecule has 0 saturated carbocycles. The van der Waals surface area contributed by atoms with E-state index in [1.807, 2.05) is 12.1 Å². The molecule has 2 heteroatoms. The Morgan fingerprint density at radius 2 is 1.59 bits per heavy atom. The molecule has 0 bridgehead atoms. The molecule has 0 radical (unpaired) electrons. The second kappa shape index (κ2) is 4.46. The molecule has 0 aliphatic rings. The molecule has 1 rings (SSSR count). The van der Waals surface area contributed by atoms with Crippen molar-refractivity contribution in [2.75, 3.05) is 0 Å². The molecule has 17 heavy (non-hydrogen) atoms. The van der Waals surface area contributed by atoms with E-state index < -0.39 is 0 Å². The van der Waals surface area contributed by atoms with Crippen molar-refractivity contribution in [3.8, 4) is 0 Å². The molecule has 92 valence electrons. The van der Waals surface area contributed by atoms with Gasteiger partial charge in [0, 0.05) is 0 Å². The first-order valence-electron chi connectivity index (χ1n) is 5.89. The van der Waals surface area contributed by atoms with E-state index in [-0.39, 0.29) is 10.8 Å². The summed E-state index contributed by atoms with van der Waals surface area (Å²) in [7, 11) is 0. The van der Waals surface area contributed by atoms with E-state index >= 15 is 0 Å². The quantitative estimate of drug-likeness (QED) is 0.525. The van der Waals surface area contributed by atoms with Gasteiger partial charge in [-0.2, -0.15) is 4.99 Å². The van der Waals surface area contributed by atoms with Gasteiger partial charge in [-0.1, -0.05) is 53.7 Å². The Morgan fingerprint density at radius 3 is 2.00 bits per heavy atom. The highest BCUT2D eigenvalue weighted by atomic mass is 16.1. The molecule has 0 N–H and O–H groups in total. The summed E-state index contributed by atoms with van der Waals surface area (Å²) in [4.78, 5) is 14.2. The van der Waals surface area contributed by atoms with Crippen LogP contribution >= 0.6 is 0 Å². The zero-order valence-electron chi connectivity index (χ0n) is 11.6. The number of hydrogen-bond donors (Lipinski definition) is 0. The van der Waals surface area contributed by atoms with Crippen LogP contribution in [0.2, 0.25) is 0 Å². The fraction of sp³-hybridized carbons (Fsp3) is 0.533. The van der Waals surface area contributed by atoms with Gasteiger partial charge in [-0.25, -0.2) is 4.79 Å². The first kappa shape index (κ1) is 13.7. The lowest BCUT2D eigenvalue weighted by atomic mass is 9.80. The highest BCUT2D eigenvalue weighted by Gasteiger charge is 2.22. The smallest absolute Gasteiger partial charge is 0.211 e. The molecular formula is C15H21NO. The average Bonchev–Trinajstić information content (AvgIpc) is 2.15. The van der Waals surface area contributed by atoms with Crippen LogP contribution in [0.1, 0.15) is 52.7 Å². The summed E-state index contributed by atoms with van der Waals surface area (Å²) in [6, 6.07) is 6.09. The highest BCUT2D eigenvalue weighted by molar-refractivity contribution is 5.57. The number of aliphatic imine (C=N–C) groups is 1. The minimum atomic E-state index is -0.0308. The van der Waals surface area contributed by atoms with Gasteiger partial charge in [-0.15, -0.1) is 0 Å². The van der Waals surface area contributed by atoms with Gasteiger partial charge in [-0.05, 0) is 28.0 Å². The van der Waals surface area contributed by atoms with Crippen molar-refractivity contribution in [3.63, 3.8) is 0 Å². The second-order valence-electron chi connectivity index (χ2n) is 6.44. The van der Waals surface area contributed by atoms with E-state index in [1.165, 1.54) is 5.56 Å². The summed E-state index contributed by atoms with van der Waals surface area (Å²) in [6.45, 7) is 12.9. The molecule has 0 aliphatic heterocycles. The summed E-state index contributed by atoms with van der Waals surface area (Å²) < 4.78 is 0. The third kappa shape index (κ3) is 3.28. The molecule has 0 saturated heterocycles. The molecule has 0 spiro atoms. The number of carbonyl (C=O) groups excluding carboxylic acids is 1. The van der Waals surface area contributed by atoms with Gasteiger partial charge in [0.2, 0.25) is 6.08 Å². The second-order valence-corrected chi connectivity index (χ2v) is 6.44. The largest absolute Gasteiger partial charge is 0.240 e. The van der Waals surface area contributed by atoms with Crippen molar-refractivity contribution in [2.24, 2.45) is 4.99 Å². The van der Waals surface area contributed by atoms with E-state index in [0.717, 1.165) is 11.3 Å². The lowest BCUT2D eigenvalue weighted by Crippen LogP contribution is -2.16. The third-order valence-corrected chi connectivity index (χ3v) is 2.84. The van der Waals surface area contributed by atoms with Crippen molar-refractivity contribution >= 4 is 11.8 Å². The van der Waals surface area contributed by atoms with Crippen LogP contribution in [0.15, 0.2) is 23.2 Å². The maximum Gasteiger partial charge on any atom is 0.240 e. The Labute approximate surface area is 104 Å². The fourth-order valence-electron chi connectivity index (χ4n) is 1.75. The van der Waals surface area contributed by atoms with E-state index in [9.17, 15) is 4.79 Å². The number of hydrogen-bond acceptors (Lipinski definition) is 2. The maximum absolute atomic E-state index is 10.4. The molecule has 1 aromatic rings. The van der Waals surface area contributed by atoms with Crippen LogP contribution < -0.4 is 0 Å². The fourth-order valence-corrected chi connectivity index (χ4v) is 1.75. The molecule has 0 aromatic heterocycles. The standard InChI is InChI=1S/C15H21NO/c1-14(2,3)11-7-8-13(16-10-17)12(9-11)15(4,5)6/h7-9H,1-6H3. The van der Waals surface area contributed by atoms with Crippen LogP contribution in [-0.2, 0) is 15.6 Å². The van der Waals surface area contributed by atoms with E-state index in [4.69, 9.17) is 0 Å². The third-order valence-electron chi connectivity index (χ3n) is 2.84. The van der Waals surface area contributed by atoms with Gasteiger partial charge in [0.25, 0.3) is 0 Å². The summed E-state index contributed by atoms with van der Waals surface area (Å²) in [5, 5.41) is 0. The Bertz CT molecular complexity index is 455. The van der Waals surface area contributed by atoms with Crippen LogP contribution in [0.5, 0.6) is 0 Å². The average molecular weight is 231 g/mol. The number of benzene rings is 1. The van der Waals surface area contributed by atoms with Crippen molar-refractivity contribution in [2.45, 2.75) is 52.4 Å². The van der Waals surface area contributed by atoms with E-state index in [0.29, 0.717) is 0 Å². The van der Waals surface area contributed by atoms with Gasteiger partial charge in [-0.3, -0.25) is 0 Å². The zero-order chi connectivity index (χ0) is 13.3. The molecule has 0 aliphatic carbocycles. The van der Waals surface area contributed by atoms with Crippen molar-refractivity contribution in [1.29, 1.82) is 0 Å². The lowest BCUT2D eigenvalue weighted by molar-refractivity contribution is 0.563. The monoisotopic (exact) mass is 231 g/mol. The van der Waals surface area contributed by atoms with Gasteiger partial charge in [0.1, 0.15) is 0 Å². The van der Waals surface area contributed by atoms with Gasteiger partial charge >= 0.3 is 0 Å². The maximum atomic E-state index is 10.4. The van der Waals surface area contributed by atoms with Crippen LogP contribution in [0, 0.1) is 0 Å². The number of nitrogens with zero attached hydrogens (tertiary/aromatic N) is 1. The normalized spacial score (nSPS) is 12.1. The summed E-state index contributed by atoms with van der Waals surface area (Å²) in [5.41, 5.74) is 3.14. The summed E-state index contributed by atoms with van der Waals surface area (Å²) in [5.74, 6) is 0. The van der Waals surface area contributed by atoms with Crippen molar-refractivity contribution in [3.05, 3.63) is 29.3 Å². The van der Waals surface area contributed by atoms with Crippen LogP contribution in [0.25, 0.3) is 0 Å². The topological polar surface area (TPSA) is 29.4 Å². The highest BCUT2D eigenvalue weighted by Crippen LogP contribution is 2.35. The Balaban J connectivity index is 3.45. The zero-order valence-corrected chi connectivity index (χ0v) is 11.6. The van der Waals surface area contributed by atoms with Crippen LogP contribution in [0.3, 0.4) is 0 Å². The first-order chi connectivity index (χ1) is 7.66. The number of rotatable bonds is 1. The summed E-state index contributed by atoms with van der Waals surface area (Å²) >= 11 is 0. The molecular weight excluding hydrogens is 210 g/mol. The lowest BCUT2D eigenvalue weighted by Gasteiger charge is -2.25. The Morgan fingerprint density at radius 1 is 1.00 bits per heavy atom. The molecule has 2 nitrogen and oxygen atoms in total. The Hall–Kier alpha value is -1.40. The Kier molecular flexibility index (Phi) is 3.59. The molecule has 1 aromatic carbocycles. The van der Waals surface area contributed by atoms with Gasteiger partial charge in [0.05, 0.1) is 5.69 Å². The molecule has 0 unspecified atom stereocenters. The van der Waals surface area contributed by atoms with Crippen molar-refractivity contribution in [1.82, 2.24) is 0 Å². The minimum Gasteiger partial charge on any atom is -0.211 e. The van der Waals surface area contributed by atoms with Crippen LogP contribution in [0.4, 0.5) is 5.69 Å². The molecule has 0 heterocycles. The SMILES string of the molecule is CC(C)(C)c1ccc(N=C=O)c(C(C)(C)C)c1. The van der Waals surface area contributed by atoms with Crippen molar-refractivity contribution < 1.29 is 4.79 Å².